The summed E-state index contributed by atoms with van der Waals surface area (Å²) in [4.78, 5) is 15.9. The molecule has 0 radical (unpaired) electrons. The van der Waals surface area contributed by atoms with E-state index in [-0.39, 0.29) is 5.91 Å². The fourth-order valence-corrected chi connectivity index (χ4v) is 1.71. The van der Waals surface area contributed by atoms with Gasteiger partial charge in [0.2, 0.25) is 5.91 Å². The highest BCUT2D eigenvalue weighted by Crippen LogP contribution is 2.11. The molecule has 4 heteroatoms. The Labute approximate surface area is 111 Å². The molecule has 3 nitrogen and oxygen atoms in total. The second kappa shape index (κ2) is 5.65. The number of hydrogen-bond acceptors (Lipinski definition) is 2. The second-order valence-electron chi connectivity index (χ2n) is 4.07. The van der Waals surface area contributed by atoms with Gasteiger partial charge in [-0.05, 0) is 42.3 Å². The Bertz CT molecular complexity index is 552. The number of nitrogens with zero attached hydrogens (tertiary/aromatic N) is 1. The molecule has 1 N–H and O–H groups in total. The van der Waals surface area contributed by atoms with E-state index in [2.05, 4.69) is 10.3 Å². The van der Waals surface area contributed by atoms with E-state index >= 15 is 0 Å². The first-order valence-corrected chi connectivity index (χ1v) is 5.98. The number of pyridine rings is 1. The molecule has 0 bridgehead atoms. The Hall–Kier alpha value is -1.87. The van der Waals surface area contributed by atoms with Gasteiger partial charge in [-0.3, -0.25) is 4.79 Å². The summed E-state index contributed by atoms with van der Waals surface area (Å²) in [6.07, 6.45) is 1.99. The van der Waals surface area contributed by atoms with Crippen LogP contribution in [-0.4, -0.2) is 10.9 Å². The molecule has 2 aromatic rings. The standard InChI is InChI=1S/C14H13ClN2O/c1-10-6-7-16-13(8-10)17-14(18)9-11-2-4-12(15)5-3-11/h2-8H,9H2,1H3,(H,16,17,18). The number of halogens is 1. The first kappa shape index (κ1) is 12.6. The van der Waals surface area contributed by atoms with Crippen molar-refractivity contribution in [3.63, 3.8) is 0 Å². The van der Waals surface area contributed by atoms with Crippen LogP contribution in [0, 0.1) is 6.92 Å². The van der Waals surface area contributed by atoms with Crippen LogP contribution < -0.4 is 5.32 Å². The third-order valence-corrected chi connectivity index (χ3v) is 2.71. The van der Waals surface area contributed by atoms with Crippen molar-refractivity contribution in [1.29, 1.82) is 0 Å². The largest absolute Gasteiger partial charge is 0.310 e. The number of aromatic nitrogens is 1. The smallest absolute Gasteiger partial charge is 0.229 e. The van der Waals surface area contributed by atoms with Gasteiger partial charge in [-0.15, -0.1) is 0 Å². The van der Waals surface area contributed by atoms with Gasteiger partial charge in [-0.25, -0.2) is 4.98 Å². The minimum absolute atomic E-state index is 0.0876. The molecule has 0 aliphatic rings. The molecule has 0 atom stereocenters. The van der Waals surface area contributed by atoms with Gasteiger partial charge in [0.1, 0.15) is 5.82 Å². The predicted molar refractivity (Wildman–Crippen MR) is 72.8 cm³/mol. The van der Waals surface area contributed by atoms with Crippen LogP contribution in [0.15, 0.2) is 42.6 Å². The van der Waals surface area contributed by atoms with Crippen molar-refractivity contribution in [2.24, 2.45) is 0 Å². The van der Waals surface area contributed by atoms with Crippen molar-refractivity contribution in [1.82, 2.24) is 4.98 Å². The lowest BCUT2D eigenvalue weighted by molar-refractivity contribution is -0.115. The summed E-state index contributed by atoms with van der Waals surface area (Å²) in [7, 11) is 0. The molecule has 0 saturated carbocycles. The quantitative estimate of drug-likeness (QED) is 0.921. The molecule has 18 heavy (non-hydrogen) atoms. The number of hydrogen-bond donors (Lipinski definition) is 1. The van der Waals surface area contributed by atoms with E-state index in [0.29, 0.717) is 17.3 Å². The molecule has 1 heterocycles. The van der Waals surface area contributed by atoms with Crippen molar-refractivity contribution in [2.45, 2.75) is 13.3 Å². The zero-order chi connectivity index (χ0) is 13.0. The fraction of sp³-hybridized carbons (Fsp3) is 0.143. The summed E-state index contributed by atoms with van der Waals surface area (Å²) in [5, 5.41) is 3.43. The molecular formula is C14H13ClN2O. The van der Waals surface area contributed by atoms with E-state index in [1.165, 1.54) is 0 Å². The molecule has 92 valence electrons. The molecule has 0 fully saturated rings. The highest BCUT2D eigenvalue weighted by Gasteiger charge is 2.04. The van der Waals surface area contributed by atoms with Crippen LogP contribution in [0.5, 0.6) is 0 Å². The maximum atomic E-state index is 11.8. The van der Waals surface area contributed by atoms with Crippen LogP contribution in [0.3, 0.4) is 0 Å². The summed E-state index contributed by atoms with van der Waals surface area (Å²) in [5.74, 6) is 0.490. The number of benzene rings is 1. The summed E-state index contributed by atoms with van der Waals surface area (Å²) < 4.78 is 0. The number of rotatable bonds is 3. The van der Waals surface area contributed by atoms with Crippen molar-refractivity contribution >= 4 is 23.3 Å². The van der Waals surface area contributed by atoms with Gasteiger partial charge in [0.25, 0.3) is 0 Å². The molecule has 1 amide bonds. The van der Waals surface area contributed by atoms with Crippen molar-refractivity contribution < 1.29 is 4.79 Å². The molecule has 0 saturated heterocycles. The van der Waals surface area contributed by atoms with Crippen LogP contribution in [0.25, 0.3) is 0 Å². The number of anilines is 1. The summed E-state index contributed by atoms with van der Waals surface area (Å²) in [6.45, 7) is 1.95. The van der Waals surface area contributed by atoms with Crippen LogP contribution in [0.2, 0.25) is 5.02 Å². The van der Waals surface area contributed by atoms with E-state index < -0.39 is 0 Å². The Morgan fingerprint density at radius 3 is 2.67 bits per heavy atom. The lowest BCUT2D eigenvalue weighted by Gasteiger charge is -2.05. The Morgan fingerprint density at radius 2 is 2.00 bits per heavy atom. The lowest BCUT2D eigenvalue weighted by atomic mass is 10.1. The monoisotopic (exact) mass is 260 g/mol. The van der Waals surface area contributed by atoms with Gasteiger partial charge in [0.15, 0.2) is 0 Å². The maximum Gasteiger partial charge on any atom is 0.229 e. The fourth-order valence-electron chi connectivity index (χ4n) is 1.58. The van der Waals surface area contributed by atoms with E-state index in [9.17, 15) is 4.79 Å². The van der Waals surface area contributed by atoms with Gasteiger partial charge < -0.3 is 5.32 Å². The maximum absolute atomic E-state index is 11.8. The molecule has 1 aromatic carbocycles. The van der Waals surface area contributed by atoms with Crippen molar-refractivity contribution in [2.75, 3.05) is 5.32 Å². The highest BCUT2D eigenvalue weighted by molar-refractivity contribution is 6.30. The molecule has 0 spiro atoms. The zero-order valence-electron chi connectivity index (χ0n) is 9.98. The van der Waals surface area contributed by atoms with Crippen LogP contribution in [-0.2, 0) is 11.2 Å². The Kier molecular flexibility index (Phi) is 3.95. The Balaban J connectivity index is 1.98. The van der Waals surface area contributed by atoms with Gasteiger partial charge >= 0.3 is 0 Å². The van der Waals surface area contributed by atoms with E-state index in [1.54, 1.807) is 18.3 Å². The summed E-state index contributed by atoms with van der Waals surface area (Å²) >= 11 is 5.78. The van der Waals surface area contributed by atoms with Gasteiger partial charge in [0, 0.05) is 11.2 Å². The minimum atomic E-state index is -0.0876. The van der Waals surface area contributed by atoms with Crippen LogP contribution in [0.4, 0.5) is 5.82 Å². The highest BCUT2D eigenvalue weighted by atomic mass is 35.5. The molecular weight excluding hydrogens is 248 g/mol. The number of aryl methyl sites for hydroxylation is 1. The van der Waals surface area contributed by atoms with Crippen LogP contribution in [0.1, 0.15) is 11.1 Å². The second-order valence-corrected chi connectivity index (χ2v) is 4.51. The van der Waals surface area contributed by atoms with Crippen molar-refractivity contribution in [3.8, 4) is 0 Å². The predicted octanol–water partition coefficient (Wildman–Crippen LogP) is 3.22. The third kappa shape index (κ3) is 3.57. The van der Waals surface area contributed by atoms with Gasteiger partial charge in [-0.2, -0.15) is 0 Å². The SMILES string of the molecule is Cc1ccnc(NC(=O)Cc2ccc(Cl)cc2)c1. The average Bonchev–Trinajstić information content (AvgIpc) is 2.32. The van der Waals surface area contributed by atoms with Gasteiger partial charge in [-0.1, -0.05) is 23.7 Å². The Morgan fingerprint density at radius 1 is 1.28 bits per heavy atom. The minimum Gasteiger partial charge on any atom is -0.310 e. The molecule has 0 unspecified atom stereocenters. The number of carbonyl (C=O) groups is 1. The first-order valence-electron chi connectivity index (χ1n) is 5.60. The molecule has 1 aromatic heterocycles. The lowest BCUT2D eigenvalue weighted by Crippen LogP contribution is -2.15. The summed E-state index contributed by atoms with van der Waals surface area (Å²) in [5.41, 5.74) is 1.98. The van der Waals surface area contributed by atoms with E-state index in [1.807, 2.05) is 31.2 Å². The zero-order valence-corrected chi connectivity index (χ0v) is 10.7. The molecule has 2 rings (SSSR count). The van der Waals surface area contributed by atoms with Crippen LogP contribution >= 0.6 is 11.6 Å². The van der Waals surface area contributed by atoms with E-state index in [4.69, 9.17) is 11.6 Å². The molecule has 0 aliphatic heterocycles. The first-order chi connectivity index (χ1) is 8.63. The third-order valence-electron chi connectivity index (χ3n) is 2.46. The average molecular weight is 261 g/mol. The molecule has 0 aliphatic carbocycles. The van der Waals surface area contributed by atoms with Gasteiger partial charge in [0.05, 0.1) is 6.42 Å². The summed E-state index contributed by atoms with van der Waals surface area (Å²) in [6, 6.07) is 10.9. The van der Waals surface area contributed by atoms with Crippen molar-refractivity contribution in [3.05, 3.63) is 58.7 Å². The van der Waals surface area contributed by atoms with E-state index in [0.717, 1.165) is 11.1 Å². The number of carbonyl (C=O) groups excluding carboxylic acids is 1. The normalized spacial score (nSPS) is 10.1. The number of nitrogens with one attached hydrogen (secondary N) is 1. The topological polar surface area (TPSA) is 42.0 Å². The number of amides is 1.